The molecule has 1 heterocycles. The molecule has 0 atom stereocenters. The van der Waals surface area contributed by atoms with Gasteiger partial charge in [0.2, 0.25) is 0 Å². The van der Waals surface area contributed by atoms with Gasteiger partial charge >= 0.3 is 0 Å². The molecule has 0 aliphatic carbocycles. The maximum atomic E-state index is 12.7. The maximum Gasteiger partial charge on any atom is 0.266 e. The number of nitrogens with zero attached hydrogens (tertiary/aromatic N) is 1. The summed E-state index contributed by atoms with van der Waals surface area (Å²) >= 11 is 6.39. The molecule has 0 spiro atoms. The van der Waals surface area contributed by atoms with Gasteiger partial charge in [-0.2, -0.15) is 0 Å². The van der Waals surface area contributed by atoms with E-state index in [1.54, 1.807) is 78.9 Å². The van der Waals surface area contributed by atoms with Crippen molar-refractivity contribution in [1.82, 2.24) is 0 Å². The lowest BCUT2D eigenvalue weighted by Crippen LogP contribution is -2.29. The number of anilines is 3. The van der Waals surface area contributed by atoms with Crippen LogP contribution in [-0.2, 0) is 0 Å². The summed E-state index contributed by atoms with van der Waals surface area (Å²) in [5, 5.41) is 5.66. The van der Waals surface area contributed by atoms with E-state index in [0.717, 1.165) is 4.90 Å². The van der Waals surface area contributed by atoms with Gasteiger partial charge in [-0.3, -0.25) is 19.2 Å². The third-order valence-electron chi connectivity index (χ3n) is 5.68. The summed E-state index contributed by atoms with van der Waals surface area (Å²) in [5.74, 6) is -1.54. The standard InChI is InChI=1S/C28H18ClN3O4/c29-23-16-20(14-15-24(23)32-27(35)21-8-4-5-9-22(21)28(32)36)31-26(34)18-10-12-19(13-11-18)30-25(33)17-6-2-1-3-7-17/h1-16H,(H,30,33)(H,31,34). The number of hydrogen-bond acceptors (Lipinski definition) is 4. The lowest BCUT2D eigenvalue weighted by Gasteiger charge is -2.16. The Morgan fingerprint density at radius 1 is 0.611 bits per heavy atom. The number of amides is 4. The van der Waals surface area contributed by atoms with Gasteiger partial charge in [0.25, 0.3) is 23.6 Å². The molecule has 4 aromatic rings. The molecular weight excluding hydrogens is 478 g/mol. The van der Waals surface area contributed by atoms with Gasteiger partial charge in [0.05, 0.1) is 21.8 Å². The summed E-state index contributed by atoms with van der Waals surface area (Å²) in [7, 11) is 0. The smallest absolute Gasteiger partial charge is 0.266 e. The van der Waals surface area contributed by atoms with Gasteiger partial charge in [-0.15, -0.1) is 0 Å². The quantitative estimate of drug-likeness (QED) is 0.350. The van der Waals surface area contributed by atoms with Crippen LogP contribution in [0.1, 0.15) is 41.4 Å². The molecule has 176 valence electrons. The second kappa shape index (κ2) is 9.48. The van der Waals surface area contributed by atoms with E-state index in [2.05, 4.69) is 10.6 Å². The van der Waals surface area contributed by atoms with Gasteiger partial charge in [-0.25, -0.2) is 4.90 Å². The van der Waals surface area contributed by atoms with Crippen molar-refractivity contribution in [2.24, 2.45) is 0 Å². The Kier molecular flexibility index (Phi) is 6.06. The second-order valence-electron chi connectivity index (χ2n) is 8.01. The van der Waals surface area contributed by atoms with Crippen molar-refractivity contribution < 1.29 is 19.2 Å². The van der Waals surface area contributed by atoms with Crippen molar-refractivity contribution in [3.63, 3.8) is 0 Å². The highest BCUT2D eigenvalue weighted by atomic mass is 35.5. The number of halogens is 1. The molecule has 4 aromatic carbocycles. The van der Waals surface area contributed by atoms with Crippen molar-refractivity contribution in [1.29, 1.82) is 0 Å². The number of fused-ring (bicyclic) bond motifs is 1. The summed E-state index contributed by atoms with van der Waals surface area (Å²) in [6.07, 6.45) is 0. The zero-order valence-corrected chi connectivity index (χ0v) is 19.5. The number of benzene rings is 4. The molecule has 8 heteroatoms. The van der Waals surface area contributed by atoms with E-state index in [4.69, 9.17) is 11.6 Å². The van der Waals surface area contributed by atoms with E-state index in [1.165, 1.54) is 12.1 Å². The molecule has 0 unspecified atom stereocenters. The van der Waals surface area contributed by atoms with Gasteiger partial charge in [0, 0.05) is 22.5 Å². The van der Waals surface area contributed by atoms with E-state index in [9.17, 15) is 19.2 Å². The summed E-state index contributed by atoms with van der Waals surface area (Å²) in [6.45, 7) is 0. The van der Waals surface area contributed by atoms with Crippen molar-refractivity contribution in [3.8, 4) is 0 Å². The van der Waals surface area contributed by atoms with Crippen molar-refractivity contribution in [2.45, 2.75) is 0 Å². The fourth-order valence-corrected chi connectivity index (χ4v) is 4.14. The topological polar surface area (TPSA) is 95.6 Å². The SMILES string of the molecule is O=C(Nc1ccc(C(=O)Nc2ccc(N3C(=O)c4ccccc4C3=O)c(Cl)c2)cc1)c1ccccc1. The number of carbonyl (C=O) groups is 4. The van der Waals surface area contributed by atoms with Crippen LogP contribution in [0, 0.1) is 0 Å². The van der Waals surface area contributed by atoms with Crippen LogP contribution in [0.25, 0.3) is 0 Å². The predicted molar refractivity (Wildman–Crippen MR) is 138 cm³/mol. The Morgan fingerprint density at radius 2 is 1.11 bits per heavy atom. The number of carbonyl (C=O) groups excluding carboxylic acids is 4. The number of nitrogens with one attached hydrogen (secondary N) is 2. The minimum atomic E-state index is -0.450. The molecule has 36 heavy (non-hydrogen) atoms. The molecule has 7 nitrogen and oxygen atoms in total. The van der Waals surface area contributed by atoms with Gasteiger partial charge < -0.3 is 10.6 Å². The second-order valence-corrected chi connectivity index (χ2v) is 8.42. The van der Waals surface area contributed by atoms with E-state index >= 15 is 0 Å². The first-order valence-electron chi connectivity index (χ1n) is 11.0. The van der Waals surface area contributed by atoms with Gasteiger partial charge in [0.1, 0.15) is 0 Å². The third kappa shape index (κ3) is 4.35. The molecule has 5 rings (SSSR count). The maximum absolute atomic E-state index is 12.7. The Labute approximate surface area is 211 Å². The fourth-order valence-electron chi connectivity index (χ4n) is 3.88. The highest BCUT2D eigenvalue weighted by molar-refractivity contribution is 6.40. The van der Waals surface area contributed by atoms with Gasteiger partial charge in [-0.1, -0.05) is 41.9 Å². The Bertz CT molecular complexity index is 1480. The fraction of sp³-hybridized carbons (Fsp3) is 0. The molecule has 0 fully saturated rings. The first-order chi connectivity index (χ1) is 17.4. The highest BCUT2D eigenvalue weighted by Gasteiger charge is 2.37. The Morgan fingerprint density at radius 3 is 1.69 bits per heavy atom. The minimum Gasteiger partial charge on any atom is -0.322 e. The number of rotatable bonds is 5. The summed E-state index contributed by atoms with van der Waals surface area (Å²) < 4.78 is 0. The van der Waals surface area contributed by atoms with Gasteiger partial charge in [0.15, 0.2) is 0 Å². The van der Waals surface area contributed by atoms with Crippen LogP contribution in [0.3, 0.4) is 0 Å². The molecule has 0 bridgehead atoms. The summed E-state index contributed by atoms with van der Waals surface area (Å²) in [6, 6.07) is 26.4. The third-order valence-corrected chi connectivity index (χ3v) is 5.98. The highest BCUT2D eigenvalue weighted by Crippen LogP contribution is 2.35. The molecule has 0 saturated carbocycles. The van der Waals surface area contributed by atoms with Crippen LogP contribution in [0.2, 0.25) is 5.02 Å². The molecule has 2 N–H and O–H groups in total. The van der Waals surface area contributed by atoms with Crippen molar-refractivity contribution in [3.05, 3.63) is 124 Å². The molecule has 1 aliphatic rings. The Hall–Kier alpha value is -4.75. The van der Waals surface area contributed by atoms with Crippen LogP contribution >= 0.6 is 11.6 Å². The molecule has 0 aromatic heterocycles. The first-order valence-corrected chi connectivity index (χ1v) is 11.4. The van der Waals surface area contributed by atoms with Crippen LogP contribution < -0.4 is 15.5 Å². The lowest BCUT2D eigenvalue weighted by molar-refractivity contribution is 0.0923. The minimum absolute atomic E-state index is 0.140. The van der Waals surface area contributed by atoms with Crippen LogP contribution in [-0.4, -0.2) is 23.6 Å². The zero-order valence-electron chi connectivity index (χ0n) is 18.7. The van der Waals surface area contributed by atoms with Crippen molar-refractivity contribution in [2.75, 3.05) is 15.5 Å². The Balaban J connectivity index is 1.27. The largest absolute Gasteiger partial charge is 0.322 e. The van der Waals surface area contributed by atoms with Crippen LogP contribution in [0.4, 0.5) is 17.1 Å². The molecule has 1 aliphatic heterocycles. The summed E-state index contributed by atoms with van der Waals surface area (Å²) in [4.78, 5) is 51.5. The monoisotopic (exact) mass is 495 g/mol. The van der Waals surface area contributed by atoms with Crippen LogP contribution in [0.5, 0.6) is 0 Å². The lowest BCUT2D eigenvalue weighted by atomic mass is 10.1. The normalized spacial score (nSPS) is 12.3. The number of hydrogen-bond donors (Lipinski definition) is 2. The molecule has 4 amide bonds. The molecule has 0 radical (unpaired) electrons. The first kappa shape index (κ1) is 23.0. The van der Waals surface area contributed by atoms with E-state index in [-0.39, 0.29) is 22.5 Å². The van der Waals surface area contributed by atoms with E-state index < -0.39 is 11.8 Å². The van der Waals surface area contributed by atoms with Crippen LogP contribution in [0.15, 0.2) is 97.1 Å². The van der Waals surface area contributed by atoms with E-state index in [0.29, 0.717) is 33.6 Å². The molecule has 0 saturated heterocycles. The zero-order chi connectivity index (χ0) is 25.2. The van der Waals surface area contributed by atoms with Gasteiger partial charge in [-0.05, 0) is 66.7 Å². The van der Waals surface area contributed by atoms with E-state index in [1.807, 2.05) is 6.07 Å². The average molecular weight is 496 g/mol. The predicted octanol–water partition coefficient (Wildman–Crippen LogP) is 5.65. The molecular formula is C28H18ClN3O4. The van der Waals surface area contributed by atoms with Crippen molar-refractivity contribution >= 4 is 52.3 Å². The summed E-state index contributed by atoms with van der Waals surface area (Å²) in [5.41, 5.74) is 2.72. The number of imide groups is 1. The average Bonchev–Trinajstić information content (AvgIpc) is 3.15.